The van der Waals surface area contributed by atoms with E-state index in [1.807, 2.05) is 6.92 Å². The number of halogens is 1. The van der Waals surface area contributed by atoms with Gasteiger partial charge in [0.25, 0.3) is 0 Å². The number of hydrogen-bond donors (Lipinski definition) is 2. The first kappa shape index (κ1) is 14.3. The maximum atomic E-state index is 13.3. The van der Waals surface area contributed by atoms with Gasteiger partial charge in [0.1, 0.15) is 23.3 Å². The van der Waals surface area contributed by atoms with E-state index in [1.165, 1.54) is 12.1 Å². The van der Waals surface area contributed by atoms with Crippen molar-refractivity contribution in [2.75, 3.05) is 6.54 Å². The second-order valence-corrected chi connectivity index (χ2v) is 5.96. The van der Waals surface area contributed by atoms with Crippen LogP contribution >= 0.6 is 0 Å². The number of benzene rings is 1. The van der Waals surface area contributed by atoms with Gasteiger partial charge < -0.3 is 4.98 Å². The Bertz CT molecular complexity index is 823. The number of aryl methyl sites for hydroxylation is 1. The molecule has 120 valence electrons. The first-order chi connectivity index (χ1) is 11.2. The third-order valence-electron chi connectivity index (χ3n) is 4.39. The van der Waals surface area contributed by atoms with E-state index in [9.17, 15) is 4.39 Å². The lowest BCUT2D eigenvalue weighted by Crippen LogP contribution is -2.24. The standard InChI is InChI=1S/C16H19FN6/c1-2-14-20-15(22-21-14)9-23-7-3-4-13(23)16-18-11-6-5-10(17)8-12(11)19-16/h5-6,8,13H,2-4,7,9H2,1H3,(H,18,19)(H,20,21,22)/t13-/m1/s1. The minimum absolute atomic E-state index is 0.209. The van der Waals surface area contributed by atoms with Crippen LogP contribution < -0.4 is 0 Å². The van der Waals surface area contributed by atoms with Crippen molar-refractivity contribution >= 4 is 11.0 Å². The Morgan fingerprint density at radius 1 is 1.35 bits per heavy atom. The van der Waals surface area contributed by atoms with Crippen molar-refractivity contribution in [1.82, 2.24) is 30.0 Å². The lowest BCUT2D eigenvalue weighted by molar-refractivity contribution is 0.235. The summed E-state index contributed by atoms with van der Waals surface area (Å²) >= 11 is 0. The Labute approximate surface area is 133 Å². The van der Waals surface area contributed by atoms with Gasteiger partial charge in [-0.1, -0.05) is 6.92 Å². The van der Waals surface area contributed by atoms with Crippen molar-refractivity contribution in [2.24, 2.45) is 0 Å². The number of rotatable bonds is 4. The quantitative estimate of drug-likeness (QED) is 0.776. The van der Waals surface area contributed by atoms with Gasteiger partial charge in [-0.3, -0.25) is 10.00 Å². The van der Waals surface area contributed by atoms with Gasteiger partial charge in [-0.05, 0) is 37.6 Å². The molecule has 0 spiro atoms. The number of hydrogen-bond acceptors (Lipinski definition) is 4. The molecule has 3 aromatic rings. The molecule has 1 aliphatic heterocycles. The smallest absolute Gasteiger partial charge is 0.150 e. The Hall–Kier alpha value is -2.28. The van der Waals surface area contributed by atoms with Gasteiger partial charge in [-0.15, -0.1) is 0 Å². The van der Waals surface area contributed by atoms with E-state index in [4.69, 9.17) is 0 Å². The molecule has 1 aliphatic rings. The van der Waals surface area contributed by atoms with Crippen molar-refractivity contribution in [1.29, 1.82) is 0 Å². The molecule has 0 aliphatic carbocycles. The molecule has 3 heterocycles. The van der Waals surface area contributed by atoms with Crippen molar-refractivity contribution < 1.29 is 4.39 Å². The molecule has 0 saturated carbocycles. The van der Waals surface area contributed by atoms with Gasteiger partial charge in [0, 0.05) is 6.42 Å². The second kappa shape index (κ2) is 5.73. The maximum absolute atomic E-state index is 13.3. The summed E-state index contributed by atoms with van der Waals surface area (Å²) in [5, 5.41) is 7.20. The summed E-state index contributed by atoms with van der Waals surface area (Å²) in [5.41, 5.74) is 1.56. The van der Waals surface area contributed by atoms with E-state index >= 15 is 0 Å². The van der Waals surface area contributed by atoms with E-state index in [-0.39, 0.29) is 11.9 Å². The highest BCUT2D eigenvalue weighted by atomic mass is 19.1. The second-order valence-electron chi connectivity index (χ2n) is 5.96. The minimum atomic E-state index is -0.246. The monoisotopic (exact) mass is 314 g/mol. The van der Waals surface area contributed by atoms with Crippen LogP contribution in [0, 0.1) is 5.82 Å². The summed E-state index contributed by atoms with van der Waals surface area (Å²) in [5.74, 6) is 2.38. The normalized spacial score (nSPS) is 19.0. The minimum Gasteiger partial charge on any atom is -0.341 e. The fourth-order valence-corrected chi connectivity index (χ4v) is 3.24. The molecule has 2 N–H and O–H groups in total. The van der Waals surface area contributed by atoms with Crippen LogP contribution in [-0.2, 0) is 13.0 Å². The van der Waals surface area contributed by atoms with Crippen LogP contribution in [0.4, 0.5) is 4.39 Å². The molecule has 0 amide bonds. The lowest BCUT2D eigenvalue weighted by atomic mass is 10.2. The van der Waals surface area contributed by atoms with Crippen LogP contribution in [0.1, 0.15) is 43.3 Å². The molecule has 7 heteroatoms. The molecule has 2 aromatic heterocycles. The number of fused-ring (bicyclic) bond motifs is 1. The van der Waals surface area contributed by atoms with Crippen LogP contribution in [0.25, 0.3) is 11.0 Å². The highest BCUT2D eigenvalue weighted by Gasteiger charge is 2.29. The zero-order chi connectivity index (χ0) is 15.8. The van der Waals surface area contributed by atoms with E-state index in [0.717, 1.165) is 60.9 Å². The molecular formula is C16H19FN6. The number of likely N-dealkylation sites (tertiary alicyclic amines) is 1. The molecular weight excluding hydrogens is 295 g/mol. The predicted molar refractivity (Wildman–Crippen MR) is 84.2 cm³/mol. The number of imidazole rings is 1. The summed E-state index contributed by atoms with van der Waals surface area (Å²) in [6.07, 6.45) is 2.98. The Balaban J connectivity index is 1.58. The fraction of sp³-hybridized carbons (Fsp3) is 0.438. The number of nitrogens with one attached hydrogen (secondary N) is 2. The average molecular weight is 314 g/mol. The Morgan fingerprint density at radius 2 is 2.26 bits per heavy atom. The first-order valence-corrected chi connectivity index (χ1v) is 8.02. The third kappa shape index (κ3) is 2.72. The summed E-state index contributed by atoms with van der Waals surface area (Å²) in [6.45, 7) is 3.76. The van der Waals surface area contributed by atoms with E-state index in [0.29, 0.717) is 0 Å². The molecule has 1 aromatic carbocycles. The highest BCUT2D eigenvalue weighted by Crippen LogP contribution is 2.32. The van der Waals surface area contributed by atoms with Gasteiger partial charge >= 0.3 is 0 Å². The molecule has 4 rings (SSSR count). The van der Waals surface area contributed by atoms with Gasteiger partial charge in [0.2, 0.25) is 0 Å². The Morgan fingerprint density at radius 3 is 3.09 bits per heavy atom. The van der Waals surface area contributed by atoms with Crippen LogP contribution in [0.15, 0.2) is 18.2 Å². The molecule has 1 saturated heterocycles. The van der Waals surface area contributed by atoms with Gasteiger partial charge in [0.15, 0.2) is 0 Å². The summed E-state index contributed by atoms with van der Waals surface area (Å²) in [4.78, 5) is 14.7. The van der Waals surface area contributed by atoms with Gasteiger partial charge in [-0.2, -0.15) is 5.10 Å². The summed E-state index contributed by atoms with van der Waals surface area (Å²) in [7, 11) is 0. The topological polar surface area (TPSA) is 73.5 Å². The average Bonchev–Trinajstić information content (AvgIpc) is 3.25. The molecule has 6 nitrogen and oxygen atoms in total. The summed E-state index contributed by atoms with van der Waals surface area (Å²) < 4.78 is 13.3. The molecule has 0 unspecified atom stereocenters. The van der Waals surface area contributed by atoms with E-state index < -0.39 is 0 Å². The zero-order valence-electron chi connectivity index (χ0n) is 13.0. The number of aromatic amines is 2. The van der Waals surface area contributed by atoms with Crippen molar-refractivity contribution in [3.05, 3.63) is 41.5 Å². The Kier molecular flexibility index (Phi) is 3.57. The van der Waals surface area contributed by atoms with Crippen molar-refractivity contribution in [3.63, 3.8) is 0 Å². The largest absolute Gasteiger partial charge is 0.341 e. The first-order valence-electron chi connectivity index (χ1n) is 8.02. The zero-order valence-corrected chi connectivity index (χ0v) is 13.0. The van der Waals surface area contributed by atoms with E-state index in [1.54, 1.807) is 6.07 Å². The molecule has 0 radical (unpaired) electrons. The molecule has 1 fully saturated rings. The molecule has 0 bridgehead atoms. The maximum Gasteiger partial charge on any atom is 0.150 e. The number of nitrogens with zero attached hydrogens (tertiary/aromatic N) is 4. The number of aromatic nitrogens is 5. The van der Waals surface area contributed by atoms with Crippen molar-refractivity contribution in [3.8, 4) is 0 Å². The van der Waals surface area contributed by atoms with Crippen LogP contribution in [0.5, 0.6) is 0 Å². The third-order valence-corrected chi connectivity index (χ3v) is 4.39. The lowest BCUT2D eigenvalue weighted by Gasteiger charge is -2.21. The van der Waals surface area contributed by atoms with Crippen LogP contribution in [0.3, 0.4) is 0 Å². The molecule has 23 heavy (non-hydrogen) atoms. The van der Waals surface area contributed by atoms with Crippen LogP contribution in [-0.4, -0.2) is 36.6 Å². The highest BCUT2D eigenvalue weighted by molar-refractivity contribution is 5.75. The SMILES string of the molecule is CCc1n[nH]c(CN2CCC[C@@H]2c2nc3ccc(F)cc3[nH]2)n1. The van der Waals surface area contributed by atoms with Gasteiger partial charge in [-0.25, -0.2) is 14.4 Å². The molecule has 1 atom stereocenters. The van der Waals surface area contributed by atoms with Crippen molar-refractivity contribution in [2.45, 2.75) is 38.8 Å². The van der Waals surface area contributed by atoms with Gasteiger partial charge in [0.05, 0.1) is 23.6 Å². The van der Waals surface area contributed by atoms with Crippen LogP contribution in [0.2, 0.25) is 0 Å². The summed E-state index contributed by atoms with van der Waals surface area (Å²) in [6, 6.07) is 4.86. The number of H-pyrrole nitrogens is 2. The predicted octanol–water partition coefficient (Wildman–Crippen LogP) is 2.72. The van der Waals surface area contributed by atoms with E-state index in [2.05, 4.69) is 30.0 Å². The fourth-order valence-electron chi connectivity index (χ4n) is 3.24.